The number of aliphatic hydroxyl groups excluding tert-OH is 1. The molecule has 2 aliphatic rings. The van der Waals surface area contributed by atoms with Crippen molar-refractivity contribution in [3.05, 3.63) is 29.3 Å². The van der Waals surface area contributed by atoms with E-state index in [0.29, 0.717) is 0 Å². The normalized spacial score (nSPS) is 21.2. The average molecular weight is 232 g/mol. The van der Waals surface area contributed by atoms with E-state index in [1.807, 2.05) is 0 Å². The lowest BCUT2D eigenvalue weighted by atomic mass is 10.0. The molecule has 0 unspecified atom stereocenters. The SMILES string of the molecule is OC1CCN(Cc2cccc3c2NCC3)CC1. The van der Waals surface area contributed by atoms with Gasteiger partial charge in [-0.1, -0.05) is 18.2 Å². The van der Waals surface area contributed by atoms with Crippen molar-refractivity contribution in [1.29, 1.82) is 0 Å². The van der Waals surface area contributed by atoms with E-state index in [1.54, 1.807) is 0 Å². The zero-order chi connectivity index (χ0) is 11.7. The minimum atomic E-state index is -0.0779. The van der Waals surface area contributed by atoms with Crippen LogP contribution in [0.3, 0.4) is 0 Å². The number of piperidine rings is 1. The van der Waals surface area contributed by atoms with E-state index in [0.717, 1.165) is 45.4 Å². The van der Waals surface area contributed by atoms with Crippen molar-refractivity contribution < 1.29 is 5.11 Å². The molecule has 1 aromatic carbocycles. The Bertz CT molecular complexity index is 397. The molecule has 2 N–H and O–H groups in total. The molecule has 1 saturated heterocycles. The van der Waals surface area contributed by atoms with E-state index in [-0.39, 0.29) is 6.10 Å². The molecule has 0 aromatic heterocycles. The molecule has 2 aliphatic heterocycles. The van der Waals surface area contributed by atoms with Crippen molar-refractivity contribution in [1.82, 2.24) is 4.90 Å². The highest BCUT2D eigenvalue weighted by molar-refractivity contribution is 5.61. The van der Waals surface area contributed by atoms with Gasteiger partial charge in [0.1, 0.15) is 0 Å². The lowest BCUT2D eigenvalue weighted by molar-refractivity contribution is 0.0793. The monoisotopic (exact) mass is 232 g/mol. The fourth-order valence-corrected chi connectivity index (χ4v) is 2.86. The maximum Gasteiger partial charge on any atom is 0.0564 e. The summed E-state index contributed by atoms with van der Waals surface area (Å²) >= 11 is 0. The van der Waals surface area contributed by atoms with Gasteiger partial charge in [-0.05, 0) is 30.4 Å². The van der Waals surface area contributed by atoms with Crippen molar-refractivity contribution >= 4 is 5.69 Å². The van der Waals surface area contributed by atoms with Crippen LogP contribution in [0.25, 0.3) is 0 Å². The van der Waals surface area contributed by atoms with Crippen molar-refractivity contribution in [2.24, 2.45) is 0 Å². The molecule has 0 radical (unpaired) electrons. The van der Waals surface area contributed by atoms with E-state index >= 15 is 0 Å². The highest BCUT2D eigenvalue weighted by atomic mass is 16.3. The molecule has 92 valence electrons. The smallest absolute Gasteiger partial charge is 0.0564 e. The van der Waals surface area contributed by atoms with E-state index in [1.165, 1.54) is 16.8 Å². The minimum absolute atomic E-state index is 0.0779. The maximum atomic E-state index is 9.51. The van der Waals surface area contributed by atoms with Crippen LogP contribution in [-0.4, -0.2) is 35.7 Å². The summed E-state index contributed by atoms with van der Waals surface area (Å²) in [6.07, 6.45) is 2.91. The van der Waals surface area contributed by atoms with Crippen molar-refractivity contribution in [2.75, 3.05) is 25.0 Å². The van der Waals surface area contributed by atoms with Gasteiger partial charge in [-0.15, -0.1) is 0 Å². The van der Waals surface area contributed by atoms with Gasteiger partial charge in [-0.3, -0.25) is 4.90 Å². The van der Waals surface area contributed by atoms with Gasteiger partial charge in [0, 0.05) is 31.9 Å². The molecule has 3 nitrogen and oxygen atoms in total. The molecular weight excluding hydrogens is 212 g/mol. The Kier molecular flexibility index (Phi) is 3.04. The first kappa shape index (κ1) is 11.1. The van der Waals surface area contributed by atoms with Crippen LogP contribution < -0.4 is 5.32 Å². The number of rotatable bonds is 2. The zero-order valence-corrected chi connectivity index (χ0v) is 10.2. The van der Waals surface area contributed by atoms with Crippen molar-refractivity contribution in [2.45, 2.75) is 31.9 Å². The molecule has 1 aromatic rings. The Morgan fingerprint density at radius 3 is 2.94 bits per heavy atom. The largest absolute Gasteiger partial charge is 0.393 e. The number of aliphatic hydroxyl groups is 1. The summed E-state index contributed by atoms with van der Waals surface area (Å²) in [5.74, 6) is 0. The summed E-state index contributed by atoms with van der Waals surface area (Å²) in [7, 11) is 0. The lowest BCUT2D eigenvalue weighted by Crippen LogP contribution is -2.35. The number of nitrogens with one attached hydrogen (secondary N) is 1. The summed E-state index contributed by atoms with van der Waals surface area (Å²) < 4.78 is 0. The Hall–Kier alpha value is -1.06. The Morgan fingerprint density at radius 2 is 2.12 bits per heavy atom. The topological polar surface area (TPSA) is 35.5 Å². The second kappa shape index (κ2) is 4.67. The van der Waals surface area contributed by atoms with Crippen LogP contribution in [0.5, 0.6) is 0 Å². The van der Waals surface area contributed by atoms with Crippen LogP contribution in [0.15, 0.2) is 18.2 Å². The second-order valence-corrected chi connectivity index (χ2v) is 5.14. The van der Waals surface area contributed by atoms with Gasteiger partial charge in [-0.25, -0.2) is 0 Å². The number of likely N-dealkylation sites (tertiary alicyclic amines) is 1. The fraction of sp³-hybridized carbons (Fsp3) is 0.571. The molecule has 0 spiro atoms. The van der Waals surface area contributed by atoms with Gasteiger partial charge in [0.15, 0.2) is 0 Å². The zero-order valence-electron chi connectivity index (χ0n) is 10.2. The number of benzene rings is 1. The fourth-order valence-electron chi connectivity index (χ4n) is 2.86. The predicted molar refractivity (Wildman–Crippen MR) is 69.2 cm³/mol. The number of fused-ring (bicyclic) bond motifs is 1. The minimum Gasteiger partial charge on any atom is -0.393 e. The van der Waals surface area contributed by atoms with Crippen LogP contribution in [0.2, 0.25) is 0 Å². The first-order valence-corrected chi connectivity index (χ1v) is 6.58. The summed E-state index contributed by atoms with van der Waals surface area (Å²) in [6, 6.07) is 6.61. The molecule has 0 bridgehead atoms. The van der Waals surface area contributed by atoms with Crippen LogP contribution in [-0.2, 0) is 13.0 Å². The molecule has 0 aliphatic carbocycles. The molecular formula is C14H20N2O. The third-order valence-corrected chi connectivity index (χ3v) is 3.88. The maximum absolute atomic E-state index is 9.51. The molecule has 2 heterocycles. The third-order valence-electron chi connectivity index (χ3n) is 3.88. The average Bonchev–Trinajstić information content (AvgIpc) is 2.81. The summed E-state index contributed by atoms with van der Waals surface area (Å²) in [5, 5.41) is 13.0. The Balaban J connectivity index is 1.71. The number of nitrogens with zero attached hydrogens (tertiary/aromatic N) is 1. The van der Waals surface area contributed by atoms with E-state index in [9.17, 15) is 5.11 Å². The Labute approximate surface area is 102 Å². The van der Waals surface area contributed by atoms with E-state index < -0.39 is 0 Å². The van der Waals surface area contributed by atoms with E-state index in [4.69, 9.17) is 0 Å². The highest BCUT2D eigenvalue weighted by Crippen LogP contribution is 2.28. The van der Waals surface area contributed by atoms with Crippen LogP contribution >= 0.6 is 0 Å². The van der Waals surface area contributed by atoms with Gasteiger partial charge in [0.2, 0.25) is 0 Å². The van der Waals surface area contributed by atoms with Crippen LogP contribution in [0.4, 0.5) is 5.69 Å². The van der Waals surface area contributed by atoms with Crippen molar-refractivity contribution in [3.8, 4) is 0 Å². The first-order chi connectivity index (χ1) is 8.33. The third kappa shape index (κ3) is 2.31. The number of hydrogen-bond acceptors (Lipinski definition) is 3. The van der Waals surface area contributed by atoms with Crippen LogP contribution in [0.1, 0.15) is 24.0 Å². The van der Waals surface area contributed by atoms with Gasteiger partial charge in [-0.2, -0.15) is 0 Å². The Morgan fingerprint density at radius 1 is 1.29 bits per heavy atom. The summed E-state index contributed by atoms with van der Waals surface area (Å²) in [6.45, 7) is 4.13. The quantitative estimate of drug-likeness (QED) is 0.813. The molecule has 0 saturated carbocycles. The number of anilines is 1. The number of hydrogen-bond donors (Lipinski definition) is 2. The molecule has 0 atom stereocenters. The summed E-state index contributed by atoms with van der Waals surface area (Å²) in [5.41, 5.74) is 4.23. The standard InChI is InChI=1S/C14H20N2O/c17-13-5-8-16(9-6-13)10-12-3-1-2-11-4-7-15-14(11)12/h1-3,13,15,17H,4-10H2. The number of para-hydroxylation sites is 1. The van der Waals surface area contributed by atoms with Crippen molar-refractivity contribution in [3.63, 3.8) is 0 Å². The van der Waals surface area contributed by atoms with Gasteiger partial charge >= 0.3 is 0 Å². The highest BCUT2D eigenvalue weighted by Gasteiger charge is 2.19. The van der Waals surface area contributed by atoms with Crippen LogP contribution in [0, 0.1) is 0 Å². The molecule has 0 amide bonds. The predicted octanol–water partition coefficient (Wildman–Crippen LogP) is 1.61. The molecule has 3 rings (SSSR count). The van der Waals surface area contributed by atoms with Gasteiger partial charge in [0.05, 0.1) is 6.10 Å². The lowest BCUT2D eigenvalue weighted by Gasteiger charge is -2.30. The van der Waals surface area contributed by atoms with E-state index in [2.05, 4.69) is 28.4 Å². The second-order valence-electron chi connectivity index (χ2n) is 5.14. The molecule has 1 fully saturated rings. The molecule has 3 heteroatoms. The van der Waals surface area contributed by atoms with Gasteiger partial charge in [0.25, 0.3) is 0 Å². The van der Waals surface area contributed by atoms with Gasteiger partial charge < -0.3 is 10.4 Å². The summed E-state index contributed by atoms with van der Waals surface area (Å²) in [4.78, 5) is 2.45. The first-order valence-electron chi connectivity index (χ1n) is 6.58. The molecule has 17 heavy (non-hydrogen) atoms.